The fourth-order valence-electron chi connectivity index (χ4n) is 5.25. The highest BCUT2D eigenvalue weighted by Gasteiger charge is 2.29. The van der Waals surface area contributed by atoms with Gasteiger partial charge in [-0.2, -0.15) is 0 Å². The number of phenols is 2. The van der Waals surface area contributed by atoms with E-state index in [1.54, 1.807) is 0 Å². The van der Waals surface area contributed by atoms with Gasteiger partial charge in [-0.15, -0.1) is 0 Å². The van der Waals surface area contributed by atoms with Gasteiger partial charge in [-0.25, -0.2) is 0 Å². The maximum absolute atomic E-state index is 13.4. The van der Waals surface area contributed by atoms with Gasteiger partial charge >= 0.3 is 0 Å². The van der Waals surface area contributed by atoms with Crippen molar-refractivity contribution in [1.29, 1.82) is 0 Å². The number of aromatic hydroxyl groups is 2. The van der Waals surface area contributed by atoms with Crippen molar-refractivity contribution in [3.63, 3.8) is 0 Å². The van der Waals surface area contributed by atoms with Gasteiger partial charge in [0.2, 0.25) is 11.8 Å². The highest BCUT2D eigenvalue weighted by atomic mass is 16.3. The molecule has 0 aliphatic carbocycles. The summed E-state index contributed by atoms with van der Waals surface area (Å²) in [6.07, 6.45) is 1.26. The molecule has 0 heterocycles. The lowest BCUT2D eigenvalue weighted by Crippen LogP contribution is -2.40. The summed E-state index contributed by atoms with van der Waals surface area (Å²) in [6, 6.07) is 7.93. The second kappa shape index (κ2) is 12.8. The van der Waals surface area contributed by atoms with Gasteiger partial charge in [0, 0.05) is 25.9 Å². The first kappa shape index (κ1) is 35.3. The largest absolute Gasteiger partial charge is 0.507 e. The summed E-state index contributed by atoms with van der Waals surface area (Å²) >= 11 is 0. The molecule has 0 saturated carbocycles. The van der Waals surface area contributed by atoms with Gasteiger partial charge in [0.1, 0.15) is 11.5 Å². The van der Waals surface area contributed by atoms with Crippen LogP contribution in [0, 0.1) is 0 Å². The molecule has 0 radical (unpaired) electrons. The summed E-state index contributed by atoms with van der Waals surface area (Å²) in [6.45, 7) is 25.1. The van der Waals surface area contributed by atoms with Crippen LogP contribution in [0.1, 0.15) is 129 Å². The molecule has 0 unspecified atom stereocenters. The first-order valence-corrected chi connectivity index (χ1v) is 15.3. The van der Waals surface area contributed by atoms with E-state index in [0.29, 0.717) is 24.3 Å². The van der Waals surface area contributed by atoms with Gasteiger partial charge in [0.15, 0.2) is 0 Å². The molecule has 0 aliphatic heterocycles. The van der Waals surface area contributed by atoms with Crippen LogP contribution in [0.25, 0.3) is 0 Å². The van der Waals surface area contributed by atoms with E-state index in [1.165, 1.54) is 4.90 Å². The highest BCUT2D eigenvalue weighted by molar-refractivity contribution is 5.95. The standard InChI is InChI=1S/C36H56N2O4/c1-33(2,3)25-19-23(20-26(31(25)41)34(4,5)6)13-15-29(39)38(18-17-37)30(40)16-14-24-21-27(35(7,8)9)32(42)28(22-24)36(10,11)12/h19-22,41-42H,13-18,37H2,1-12H3. The number of carbonyl (C=O) groups excluding carboxylic acids is 2. The Morgan fingerprint density at radius 1 is 0.595 bits per heavy atom. The normalized spacial score (nSPS) is 12.9. The monoisotopic (exact) mass is 580 g/mol. The number of benzene rings is 2. The van der Waals surface area contributed by atoms with Crippen molar-refractivity contribution in [2.24, 2.45) is 5.73 Å². The molecule has 2 amide bonds. The van der Waals surface area contributed by atoms with E-state index in [1.807, 2.05) is 24.3 Å². The van der Waals surface area contributed by atoms with Crippen molar-refractivity contribution in [3.05, 3.63) is 57.6 Å². The number of hydrogen-bond acceptors (Lipinski definition) is 5. The van der Waals surface area contributed by atoms with Crippen molar-refractivity contribution < 1.29 is 19.8 Å². The van der Waals surface area contributed by atoms with Crippen molar-refractivity contribution in [1.82, 2.24) is 4.90 Å². The Morgan fingerprint density at radius 3 is 1.07 bits per heavy atom. The van der Waals surface area contributed by atoms with E-state index in [9.17, 15) is 19.8 Å². The van der Waals surface area contributed by atoms with E-state index in [2.05, 4.69) is 83.1 Å². The molecule has 234 valence electrons. The second-order valence-electron chi connectivity index (χ2n) is 15.8. The maximum atomic E-state index is 13.4. The topological polar surface area (TPSA) is 104 Å². The molecule has 0 aliphatic rings. The van der Waals surface area contributed by atoms with Crippen LogP contribution in [0.3, 0.4) is 0 Å². The van der Waals surface area contributed by atoms with E-state index in [4.69, 9.17) is 5.73 Å². The van der Waals surface area contributed by atoms with Crippen LogP contribution in [0.2, 0.25) is 0 Å². The van der Waals surface area contributed by atoms with Gasteiger partial charge in [-0.05, 0) is 67.9 Å². The van der Waals surface area contributed by atoms with Crippen molar-refractivity contribution in [2.75, 3.05) is 13.1 Å². The molecule has 42 heavy (non-hydrogen) atoms. The number of hydrogen-bond donors (Lipinski definition) is 3. The summed E-state index contributed by atoms with van der Waals surface area (Å²) in [4.78, 5) is 28.0. The molecular weight excluding hydrogens is 524 g/mol. The number of nitrogens with zero attached hydrogens (tertiary/aromatic N) is 1. The molecule has 2 aromatic carbocycles. The van der Waals surface area contributed by atoms with E-state index in [-0.39, 0.29) is 59.4 Å². The summed E-state index contributed by atoms with van der Waals surface area (Å²) in [5, 5.41) is 22.1. The minimum Gasteiger partial charge on any atom is -0.507 e. The fraction of sp³-hybridized carbons (Fsp3) is 0.611. The number of rotatable bonds is 8. The minimum absolute atomic E-state index is 0.170. The Balaban J connectivity index is 2.28. The Kier molecular flexibility index (Phi) is 10.8. The molecule has 2 rings (SSSR count). The molecule has 6 nitrogen and oxygen atoms in total. The van der Waals surface area contributed by atoms with Crippen LogP contribution in [-0.4, -0.2) is 40.0 Å². The molecule has 4 N–H and O–H groups in total. The Bertz CT molecular complexity index is 1110. The molecule has 2 aromatic rings. The third kappa shape index (κ3) is 8.82. The van der Waals surface area contributed by atoms with Crippen molar-refractivity contribution in [3.8, 4) is 11.5 Å². The van der Waals surface area contributed by atoms with Crippen LogP contribution >= 0.6 is 0 Å². The zero-order chi connectivity index (χ0) is 32.4. The number of amides is 2. The van der Waals surface area contributed by atoms with Crippen LogP contribution in [0.4, 0.5) is 0 Å². The smallest absolute Gasteiger partial charge is 0.229 e. The third-order valence-corrected chi connectivity index (χ3v) is 7.78. The average molecular weight is 581 g/mol. The lowest BCUT2D eigenvalue weighted by atomic mass is 9.78. The van der Waals surface area contributed by atoms with E-state index >= 15 is 0 Å². The molecule has 0 saturated heterocycles. The zero-order valence-electron chi connectivity index (χ0n) is 28.3. The number of carbonyl (C=O) groups is 2. The quantitative estimate of drug-likeness (QED) is 0.307. The third-order valence-electron chi connectivity index (χ3n) is 7.78. The Morgan fingerprint density at radius 2 is 0.857 bits per heavy atom. The zero-order valence-corrected chi connectivity index (χ0v) is 28.3. The van der Waals surface area contributed by atoms with E-state index < -0.39 is 0 Å². The first-order chi connectivity index (χ1) is 19.0. The van der Waals surface area contributed by atoms with Gasteiger partial charge in [0.05, 0.1) is 0 Å². The number of imide groups is 1. The SMILES string of the molecule is CC(C)(C)c1cc(CCC(=O)N(CCN)C(=O)CCc2cc(C(C)(C)C)c(O)c(C(C)(C)C)c2)cc(C(C)(C)C)c1O. The first-order valence-electron chi connectivity index (χ1n) is 15.3. The molecule has 0 atom stereocenters. The van der Waals surface area contributed by atoms with Gasteiger partial charge in [-0.3, -0.25) is 14.5 Å². The molecule has 0 aromatic heterocycles. The summed E-state index contributed by atoms with van der Waals surface area (Å²) in [5.74, 6) is 0.126. The lowest BCUT2D eigenvalue weighted by molar-refractivity contribution is -0.144. The fourth-order valence-corrected chi connectivity index (χ4v) is 5.25. The van der Waals surface area contributed by atoms with Crippen LogP contribution in [0.5, 0.6) is 11.5 Å². The van der Waals surface area contributed by atoms with Crippen LogP contribution < -0.4 is 5.73 Å². The second-order valence-corrected chi connectivity index (χ2v) is 15.8. The molecule has 0 spiro atoms. The molecular formula is C36H56N2O4. The van der Waals surface area contributed by atoms with Gasteiger partial charge < -0.3 is 15.9 Å². The summed E-state index contributed by atoms with van der Waals surface area (Å²) in [5.41, 5.74) is 10.1. The summed E-state index contributed by atoms with van der Waals surface area (Å²) < 4.78 is 0. The molecule has 6 heteroatoms. The van der Waals surface area contributed by atoms with E-state index in [0.717, 1.165) is 33.4 Å². The lowest BCUT2D eigenvalue weighted by Gasteiger charge is -2.28. The van der Waals surface area contributed by atoms with Gasteiger partial charge in [-0.1, -0.05) is 107 Å². The minimum atomic E-state index is -0.264. The summed E-state index contributed by atoms with van der Waals surface area (Å²) in [7, 11) is 0. The maximum Gasteiger partial charge on any atom is 0.229 e. The average Bonchev–Trinajstić information content (AvgIpc) is 2.82. The predicted molar refractivity (Wildman–Crippen MR) is 173 cm³/mol. The van der Waals surface area contributed by atoms with Crippen molar-refractivity contribution in [2.45, 2.75) is 130 Å². The Hall–Kier alpha value is -2.86. The van der Waals surface area contributed by atoms with Crippen LogP contribution in [-0.2, 0) is 44.1 Å². The molecule has 0 bridgehead atoms. The van der Waals surface area contributed by atoms with Crippen LogP contribution in [0.15, 0.2) is 24.3 Å². The van der Waals surface area contributed by atoms with Gasteiger partial charge in [0.25, 0.3) is 0 Å². The number of aryl methyl sites for hydroxylation is 2. The number of nitrogens with two attached hydrogens (primary N) is 1. The number of phenolic OH excluding ortho intramolecular Hbond substituents is 2. The van der Waals surface area contributed by atoms with Crippen molar-refractivity contribution >= 4 is 11.8 Å². The molecule has 0 fully saturated rings. The predicted octanol–water partition coefficient (Wildman–Crippen LogP) is 7.17. The highest BCUT2D eigenvalue weighted by Crippen LogP contribution is 2.41. The Labute approximate surface area is 254 Å².